The Hall–Kier alpha value is -3.24. The van der Waals surface area contributed by atoms with Gasteiger partial charge in [-0.25, -0.2) is 0 Å². The Bertz CT molecular complexity index is 980. The lowest BCUT2D eigenvalue weighted by Crippen LogP contribution is -2.12. The number of anilines is 1. The van der Waals surface area contributed by atoms with Gasteiger partial charge >= 0.3 is 6.15 Å². The van der Waals surface area contributed by atoms with E-state index in [1.54, 1.807) is 12.1 Å². The van der Waals surface area contributed by atoms with Crippen LogP contribution in [-0.4, -0.2) is 17.2 Å². The molecule has 0 saturated carbocycles. The molecule has 0 aliphatic rings. The molecular formula is C23H20ClNO4. The van der Waals surface area contributed by atoms with Crippen molar-refractivity contribution in [2.24, 2.45) is 0 Å². The second kappa shape index (κ2) is 11.6. The third-order valence-electron chi connectivity index (χ3n) is 4.15. The summed E-state index contributed by atoms with van der Waals surface area (Å²) in [6, 6.07) is 23.1. The van der Waals surface area contributed by atoms with E-state index in [9.17, 15) is 4.79 Å². The summed E-state index contributed by atoms with van der Waals surface area (Å²) in [5, 5.41) is 12.6. The molecular weight excluding hydrogens is 390 g/mol. The SMILES string of the molecule is O=C(CCc1cccc(-c2ccc(CO)cc2)c1)Nc1cccc(Cl)c1.O=C=O. The zero-order valence-corrected chi connectivity index (χ0v) is 16.4. The van der Waals surface area contributed by atoms with Crippen molar-refractivity contribution in [3.05, 3.63) is 88.9 Å². The van der Waals surface area contributed by atoms with Crippen LogP contribution in [0.25, 0.3) is 11.1 Å². The maximum absolute atomic E-state index is 12.1. The van der Waals surface area contributed by atoms with Crippen LogP contribution in [0.4, 0.5) is 5.69 Å². The average Bonchev–Trinajstić information content (AvgIpc) is 2.73. The molecule has 3 aromatic carbocycles. The Morgan fingerprint density at radius 2 is 1.59 bits per heavy atom. The topological polar surface area (TPSA) is 83.5 Å². The Morgan fingerprint density at radius 3 is 2.24 bits per heavy atom. The molecule has 148 valence electrons. The maximum atomic E-state index is 12.1. The number of rotatable bonds is 6. The van der Waals surface area contributed by atoms with Gasteiger partial charge in [-0.1, -0.05) is 66.2 Å². The summed E-state index contributed by atoms with van der Waals surface area (Å²) in [7, 11) is 0. The molecule has 0 aliphatic carbocycles. The predicted octanol–water partition coefficient (Wildman–Crippen LogP) is 4.49. The molecule has 0 spiro atoms. The number of amides is 1. The van der Waals surface area contributed by atoms with Gasteiger partial charge in [-0.05, 0) is 46.9 Å². The second-order valence-corrected chi connectivity index (χ2v) is 6.63. The molecule has 0 bridgehead atoms. The quantitative estimate of drug-likeness (QED) is 0.628. The van der Waals surface area contributed by atoms with E-state index >= 15 is 0 Å². The highest BCUT2D eigenvalue weighted by Gasteiger charge is 2.05. The minimum absolute atomic E-state index is 0.0371. The Labute approximate surface area is 174 Å². The van der Waals surface area contributed by atoms with Gasteiger partial charge in [0, 0.05) is 17.1 Å². The van der Waals surface area contributed by atoms with Crippen LogP contribution in [0.15, 0.2) is 72.8 Å². The van der Waals surface area contributed by atoms with Gasteiger partial charge in [0.1, 0.15) is 0 Å². The van der Waals surface area contributed by atoms with Gasteiger partial charge in [0.25, 0.3) is 0 Å². The van der Waals surface area contributed by atoms with Crippen molar-refractivity contribution in [1.29, 1.82) is 0 Å². The zero-order valence-electron chi connectivity index (χ0n) is 15.6. The smallest absolute Gasteiger partial charge is 0.373 e. The normalized spacial score (nSPS) is 9.72. The van der Waals surface area contributed by atoms with Gasteiger partial charge in [-0.2, -0.15) is 9.59 Å². The lowest BCUT2D eigenvalue weighted by Gasteiger charge is -2.08. The summed E-state index contributed by atoms with van der Waals surface area (Å²) in [5.41, 5.74) is 4.90. The van der Waals surface area contributed by atoms with E-state index in [2.05, 4.69) is 11.4 Å². The lowest BCUT2D eigenvalue weighted by molar-refractivity contribution is -0.191. The molecule has 0 fully saturated rings. The second-order valence-electron chi connectivity index (χ2n) is 6.20. The number of aliphatic hydroxyl groups is 1. The highest BCUT2D eigenvalue weighted by atomic mass is 35.5. The monoisotopic (exact) mass is 409 g/mol. The molecule has 6 heteroatoms. The third-order valence-corrected chi connectivity index (χ3v) is 4.38. The molecule has 0 heterocycles. The van der Waals surface area contributed by atoms with E-state index < -0.39 is 0 Å². The highest BCUT2D eigenvalue weighted by Crippen LogP contribution is 2.22. The summed E-state index contributed by atoms with van der Waals surface area (Å²) >= 11 is 5.93. The average molecular weight is 410 g/mol. The predicted molar refractivity (Wildman–Crippen MR) is 111 cm³/mol. The molecule has 0 aromatic heterocycles. The zero-order chi connectivity index (χ0) is 21.1. The number of halogens is 1. The van der Waals surface area contributed by atoms with Crippen LogP contribution in [0, 0.1) is 0 Å². The molecule has 3 rings (SSSR count). The first-order chi connectivity index (χ1) is 14.0. The fraction of sp³-hybridized carbons (Fsp3) is 0.130. The third kappa shape index (κ3) is 7.35. The molecule has 29 heavy (non-hydrogen) atoms. The molecule has 0 unspecified atom stereocenters. The molecule has 0 radical (unpaired) electrons. The summed E-state index contributed by atoms with van der Waals surface area (Å²) in [6.07, 6.45) is 1.31. The standard InChI is InChI=1S/C22H20ClNO2.CO2/c23-20-5-2-6-21(14-20)24-22(26)12-9-16-3-1-4-19(13-16)18-10-7-17(15-25)8-11-18;2-1-3/h1-8,10-11,13-14,25H,9,12,15H2,(H,24,26);. The number of hydrogen-bond donors (Lipinski definition) is 2. The van der Waals surface area contributed by atoms with Crippen LogP contribution in [0.3, 0.4) is 0 Å². The van der Waals surface area contributed by atoms with E-state index in [0.29, 0.717) is 23.6 Å². The van der Waals surface area contributed by atoms with Crippen molar-refractivity contribution < 1.29 is 19.5 Å². The molecule has 0 atom stereocenters. The Balaban J connectivity index is 0.000000941. The van der Waals surface area contributed by atoms with Gasteiger partial charge in [0.05, 0.1) is 6.61 Å². The van der Waals surface area contributed by atoms with Crippen LogP contribution in [0.1, 0.15) is 17.5 Å². The molecule has 1 amide bonds. The van der Waals surface area contributed by atoms with Gasteiger partial charge in [0.2, 0.25) is 5.91 Å². The fourth-order valence-corrected chi connectivity index (χ4v) is 2.95. The summed E-state index contributed by atoms with van der Waals surface area (Å²) in [4.78, 5) is 28.4. The number of benzene rings is 3. The number of carbonyl (C=O) groups excluding carboxylic acids is 3. The van der Waals surface area contributed by atoms with E-state index in [1.807, 2.05) is 54.6 Å². The fourth-order valence-electron chi connectivity index (χ4n) is 2.76. The molecule has 3 aromatic rings. The van der Waals surface area contributed by atoms with Crippen LogP contribution >= 0.6 is 11.6 Å². The van der Waals surface area contributed by atoms with Crippen LogP contribution in [-0.2, 0) is 27.4 Å². The number of hydrogen-bond acceptors (Lipinski definition) is 4. The summed E-state index contributed by atoms with van der Waals surface area (Å²) in [6.45, 7) is 0.0437. The summed E-state index contributed by atoms with van der Waals surface area (Å²) < 4.78 is 0. The van der Waals surface area contributed by atoms with Crippen molar-refractivity contribution in [3.63, 3.8) is 0 Å². The first-order valence-corrected chi connectivity index (χ1v) is 9.27. The maximum Gasteiger partial charge on any atom is 0.373 e. The van der Waals surface area contributed by atoms with E-state index in [0.717, 1.165) is 22.3 Å². The van der Waals surface area contributed by atoms with Crippen molar-refractivity contribution in [2.45, 2.75) is 19.4 Å². The van der Waals surface area contributed by atoms with Gasteiger partial charge in [0.15, 0.2) is 0 Å². The minimum atomic E-state index is -0.0371. The van der Waals surface area contributed by atoms with Crippen LogP contribution in [0.5, 0.6) is 0 Å². The van der Waals surface area contributed by atoms with Gasteiger partial charge < -0.3 is 10.4 Å². The Kier molecular flexibility index (Phi) is 8.80. The van der Waals surface area contributed by atoms with Crippen LogP contribution in [0.2, 0.25) is 5.02 Å². The molecule has 5 nitrogen and oxygen atoms in total. The first-order valence-electron chi connectivity index (χ1n) is 8.89. The van der Waals surface area contributed by atoms with Crippen LogP contribution < -0.4 is 5.32 Å². The highest BCUT2D eigenvalue weighted by molar-refractivity contribution is 6.30. The minimum Gasteiger partial charge on any atom is -0.392 e. The molecule has 2 N–H and O–H groups in total. The van der Waals surface area contributed by atoms with Crippen molar-refractivity contribution in [1.82, 2.24) is 0 Å². The van der Waals surface area contributed by atoms with E-state index in [-0.39, 0.29) is 18.7 Å². The van der Waals surface area contributed by atoms with Crippen molar-refractivity contribution >= 4 is 29.3 Å². The first kappa shape index (κ1) is 22.1. The van der Waals surface area contributed by atoms with Crippen molar-refractivity contribution in [2.75, 3.05) is 5.32 Å². The van der Waals surface area contributed by atoms with Gasteiger partial charge in [-0.3, -0.25) is 4.79 Å². The van der Waals surface area contributed by atoms with Gasteiger partial charge in [-0.15, -0.1) is 0 Å². The van der Waals surface area contributed by atoms with E-state index in [1.165, 1.54) is 0 Å². The van der Waals surface area contributed by atoms with Crippen molar-refractivity contribution in [3.8, 4) is 11.1 Å². The summed E-state index contributed by atoms with van der Waals surface area (Å²) in [5.74, 6) is -0.0371. The number of nitrogens with one attached hydrogen (secondary N) is 1. The number of carbonyl (C=O) groups is 1. The van der Waals surface area contributed by atoms with E-state index in [4.69, 9.17) is 26.3 Å². The largest absolute Gasteiger partial charge is 0.392 e. The Morgan fingerprint density at radius 1 is 0.897 bits per heavy atom. The lowest BCUT2D eigenvalue weighted by atomic mass is 10.00. The number of aryl methyl sites for hydroxylation is 1. The molecule has 0 aliphatic heterocycles. The number of aliphatic hydroxyl groups excluding tert-OH is 1. The molecule has 0 saturated heterocycles.